The Morgan fingerprint density at radius 2 is 1.93 bits per heavy atom. The zero-order valence-electron chi connectivity index (χ0n) is 26.1. The van der Waals surface area contributed by atoms with E-state index in [0.29, 0.717) is 31.4 Å². The van der Waals surface area contributed by atoms with E-state index in [1.807, 2.05) is 20.0 Å². The molecule has 0 aromatic heterocycles. The lowest BCUT2D eigenvalue weighted by Gasteiger charge is -2.61. The standard InChI is InChI=1S/C32H41NO11/c1-7-8-15-39-24(35)17-22(40-18(2)34)28(36)41-21-11-12-32(38)23-16-19-9-10-20(42-29(37)44-30(3,4)5)26-25(19)31(32,27(21)43-26)13-14-33(23)6/h9-11,22-23,27,38H,7-8,12-17H2,1-6H3/t22-,23+,27-,31-,32+/m0/s1. The molecule has 5 rings (SSSR count). The third kappa shape index (κ3) is 5.53. The van der Waals surface area contributed by atoms with Crippen LogP contribution in [0.5, 0.6) is 11.5 Å². The Morgan fingerprint density at radius 3 is 2.61 bits per heavy atom. The summed E-state index contributed by atoms with van der Waals surface area (Å²) in [5.74, 6) is -1.91. The molecule has 12 heteroatoms. The molecule has 0 amide bonds. The number of rotatable bonds is 9. The van der Waals surface area contributed by atoms with Gasteiger partial charge < -0.3 is 38.4 Å². The van der Waals surface area contributed by atoms with Crippen molar-refractivity contribution in [1.29, 1.82) is 0 Å². The molecule has 5 atom stereocenters. The van der Waals surface area contributed by atoms with Crippen molar-refractivity contribution in [1.82, 2.24) is 4.90 Å². The van der Waals surface area contributed by atoms with E-state index in [9.17, 15) is 24.3 Å². The third-order valence-corrected chi connectivity index (χ3v) is 8.82. The first-order chi connectivity index (χ1) is 20.7. The lowest BCUT2D eigenvalue weighted by Crippen LogP contribution is -2.74. The molecule has 12 nitrogen and oxygen atoms in total. The minimum atomic E-state index is -1.54. The number of aliphatic hydroxyl groups is 1. The number of hydrogen-bond donors (Lipinski definition) is 1. The van der Waals surface area contributed by atoms with Gasteiger partial charge in [0.05, 0.1) is 24.0 Å². The number of benzene rings is 1. The number of hydrogen-bond acceptors (Lipinski definition) is 12. The second-order valence-electron chi connectivity index (χ2n) is 12.9. The van der Waals surface area contributed by atoms with Gasteiger partial charge in [0.25, 0.3) is 0 Å². The van der Waals surface area contributed by atoms with Gasteiger partial charge in [-0.25, -0.2) is 9.59 Å². The second kappa shape index (κ2) is 11.7. The molecule has 2 aliphatic carbocycles. The molecular formula is C32H41NO11. The number of likely N-dealkylation sites (N-methyl/N-ethyl adjacent to an activating group) is 1. The van der Waals surface area contributed by atoms with Gasteiger partial charge in [0.15, 0.2) is 17.6 Å². The molecule has 2 heterocycles. The van der Waals surface area contributed by atoms with Crippen LogP contribution >= 0.6 is 0 Å². The minimum absolute atomic E-state index is 0.117. The number of likely N-dealkylation sites (tertiary alicyclic amines) is 1. The zero-order chi connectivity index (χ0) is 32.0. The molecule has 240 valence electrons. The van der Waals surface area contributed by atoms with E-state index in [0.717, 1.165) is 18.9 Å². The van der Waals surface area contributed by atoms with Crippen LogP contribution in [0.1, 0.15) is 77.8 Å². The second-order valence-corrected chi connectivity index (χ2v) is 12.9. The maximum absolute atomic E-state index is 13.4. The highest BCUT2D eigenvalue weighted by molar-refractivity contribution is 5.85. The normalized spacial score (nSPS) is 27.2. The van der Waals surface area contributed by atoms with E-state index in [4.69, 9.17) is 28.4 Å². The number of carbonyl (C=O) groups is 4. The number of piperidine rings is 1. The van der Waals surface area contributed by atoms with E-state index < -0.39 is 59.3 Å². The highest BCUT2D eigenvalue weighted by atomic mass is 16.7. The molecule has 2 bridgehead atoms. The van der Waals surface area contributed by atoms with Crippen LogP contribution in [0.25, 0.3) is 0 Å². The van der Waals surface area contributed by atoms with Crippen LogP contribution in [0.3, 0.4) is 0 Å². The fraction of sp³-hybridized carbons (Fsp3) is 0.625. The first kappa shape index (κ1) is 31.8. The van der Waals surface area contributed by atoms with Crippen molar-refractivity contribution in [3.05, 3.63) is 35.1 Å². The van der Waals surface area contributed by atoms with Crippen LogP contribution < -0.4 is 9.47 Å². The Labute approximate surface area is 256 Å². The Bertz CT molecular complexity index is 1380. The van der Waals surface area contributed by atoms with Crippen molar-refractivity contribution in [2.24, 2.45) is 0 Å². The molecule has 1 fully saturated rings. The Hall–Kier alpha value is -3.64. The number of carbonyl (C=O) groups excluding carboxylic acids is 4. The Kier molecular flexibility index (Phi) is 8.45. The lowest BCUT2D eigenvalue weighted by molar-refractivity contribution is -0.177. The van der Waals surface area contributed by atoms with Crippen molar-refractivity contribution < 1.29 is 52.7 Å². The predicted octanol–water partition coefficient (Wildman–Crippen LogP) is 3.49. The van der Waals surface area contributed by atoms with Gasteiger partial charge in [0.2, 0.25) is 6.10 Å². The van der Waals surface area contributed by atoms with Gasteiger partial charge >= 0.3 is 24.1 Å². The van der Waals surface area contributed by atoms with Gasteiger partial charge in [0, 0.05) is 24.9 Å². The molecular weight excluding hydrogens is 574 g/mol. The van der Waals surface area contributed by atoms with Gasteiger partial charge in [-0.1, -0.05) is 19.4 Å². The molecule has 1 spiro atoms. The average molecular weight is 616 g/mol. The van der Waals surface area contributed by atoms with Crippen LogP contribution in [0.2, 0.25) is 0 Å². The molecule has 1 N–H and O–H groups in total. The monoisotopic (exact) mass is 615 g/mol. The first-order valence-corrected chi connectivity index (χ1v) is 15.1. The highest BCUT2D eigenvalue weighted by Crippen LogP contribution is 2.65. The van der Waals surface area contributed by atoms with E-state index in [2.05, 4.69) is 4.90 Å². The van der Waals surface area contributed by atoms with E-state index in [1.165, 1.54) is 0 Å². The Morgan fingerprint density at radius 1 is 1.18 bits per heavy atom. The third-order valence-electron chi connectivity index (χ3n) is 8.82. The molecule has 1 aromatic rings. The highest BCUT2D eigenvalue weighted by Gasteiger charge is 2.72. The summed E-state index contributed by atoms with van der Waals surface area (Å²) in [5.41, 5.74) is -1.46. The molecule has 0 unspecified atom stereocenters. The van der Waals surface area contributed by atoms with E-state index >= 15 is 0 Å². The summed E-state index contributed by atoms with van der Waals surface area (Å²) in [6.07, 6.45) is 0.314. The number of ether oxygens (including phenoxy) is 6. The quantitative estimate of drug-likeness (QED) is 0.188. The van der Waals surface area contributed by atoms with Gasteiger partial charge in [-0.05, 0) is 71.3 Å². The fourth-order valence-electron chi connectivity index (χ4n) is 6.96. The Balaban J connectivity index is 1.48. The van der Waals surface area contributed by atoms with Gasteiger partial charge in [-0.3, -0.25) is 9.59 Å². The van der Waals surface area contributed by atoms with Crippen LogP contribution in [-0.4, -0.2) is 83.7 Å². The van der Waals surface area contributed by atoms with E-state index in [-0.39, 0.29) is 36.3 Å². The summed E-state index contributed by atoms with van der Waals surface area (Å²) >= 11 is 0. The summed E-state index contributed by atoms with van der Waals surface area (Å²) < 4.78 is 33.6. The van der Waals surface area contributed by atoms with E-state index in [1.54, 1.807) is 32.9 Å². The number of esters is 3. The van der Waals surface area contributed by atoms with Crippen LogP contribution in [-0.2, 0) is 45.2 Å². The zero-order valence-corrected chi connectivity index (χ0v) is 26.1. The van der Waals surface area contributed by atoms with Crippen LogP contribution in [0.15, 0.2) is 24.0 Å². The van der Waals surface area contributed by atoms with Crippen molar-refractivity contribution in [3.8, 4) is 11.5 Å². The summed E-state index contributed by atoms with van der Waals surface area (Å²) in [6, 6.07) is 3.25. The van der Waals surface area contributed by atoms with Gasteiger partial charge in [-0.2, -0.15) is 0 Å². The number of nitrogens with zero attached hydrogens (tertiary/aromatic N) is 1. The summed E-state index contributed by atoms with van der Waals surface area (Å²) in [4.78, 5) is 52.4. The van der Waals surface area contributed by atoms with Crippen molar-refractivity contribution >= 4 is 24.1 Å². The van der Waals surface area contributed by atoms with Gasteiger partial charge in [0.1, 0.15) is 11.4 Å². The summed E-state index contributed by atoms with van der Waals surface area (Å²) in [5, 5.41) is 12.4. The minimum Gasteiger partial charge on any atom is -0.477 e. The molecule has 2 aliphatic heterocycles. The van der Waals surface area contributed by atoms with Gasteiger partial charge in [-0.15, -0.1) is 0 Å². The molecule has 0 radical (unpaired) electrons. The van der Waals surface area contributed by atoms with Crippen LogP contribution in [0.4, 0.5) is 4.79 Å². The molecule has 1 aromatic carbocycles. The smallest absolute Gasteiger partial charge is 0.477 e. The SMILES string of the molecule is CCCCOC(=O)C[C@H](OC(C)=O)C(=O)OC1=CC[C@@]2(O)[C@H]3Cc4ccc(OC(=O)OC(C)(C)C)c5c4[C@@]2(CCN3C)[C@H]1O5. The molecule has 44 heavy (non-hydrogen) atoms. The van der Waals surface area contributed by atoms with Crippen molar-refractivity contribution in [3.63, 3.8) is 0 Å². The topological polar surface area (TPSA) is 147 Å². The van der Waals surface area contributed by atoms with Crippen LogP contribution in [0, 0.1) is 0 Å². The van der Waals surface area contributed by atoms with Crippen molar-refractivity contribution in [2.75, 3.05) is 20.2 Å². The first-order valence-electron chi connectivity index (χ1n) is 15.1. The maximum Gasteiger partial charge on any atom is 0.514 e. The molecule has 0 saturated carbocycles. The summed E-state index contributed by atoms with van der Waals surface area (Å²) in [7, 11) is 1.97. The predicted molar refractivity (Wildman–Crippen MR) is 154 cm³/mol. The summed E-state index contributed by atoms with van der Waals surface area (Å²) in [6.45, 7) is 9.07. The molecule has 1 saturated heterocycles. The largest absolute Gasteiger partial charge is 0.514 e. The van der Waals surface area contributed by atoms with Crippen molar-refractivity contribution in [2.45, 2.75) is 108 Å². The molecule has 4 aliphatic rings. The maximum atomic E-state index is 13.4. The fourth-order valence-corrected chi connectivity index (χ4v) is 6.96. The average Bonchev–Trinajstić information content (AvgIpc) is 3.28. The lowest BCUT2D eigenvalue weighted by atomic mass is 9.50. The number of unbranched alkanes of at least 4 members (excludes halogenated alkanes) is 1.